The van der Waals surface area contributed by atoms with Crippen LogP contribution >= 0.6 is 27.7 Å². The van der Waals surface area contributed by atoms with E-state index in [1.54, 1.807) is 0 Å². The first-order valence-corrected chi connectivity index (χ1v) is 8.51. The first-order valence-electron chi connectivity index (χ1n) is 6.73. The van der Waals surface area contributed by atoms with E-state index in [2.05, 4.69) is 21.2 Å². The summed E-state index contributed by atoms with van der Waals surface area (Å²) >= 11 is 4.80. The lowest BCUT2D eigenvalue weighted by atomic mass is 9.99. The largest absolute Gasteiger partial charge is 0.467 e. The number of carbonyl (C=O) groups excluding carboxylic acids is 2. The SMILES string of the molecule is CC[C@H](C)[C@@H](NC(=O)CSc1ccc(Br)cc1)C(=O)OC. The summed E-state index contributed by atoms with van der Waals surface area (Å²) < 4.78 is 5.75. The Morgan fingerprint density at radius 2 is 1.95 bits per heavy atom. The summed E-state index contributed by atoms with van der Waals surface area (Å²) in [5, 5.41) is 2.76. The number of carbonyl (C=O) groups is 2. The molecular weight excluding hydrogens is 354 g/mol. The molecule has 1 rings (SSSR count). The smallest absolute Gasteiger partial charge is 0.328 e. The van der Waals surface area contributed by atoms with E-state index >= 15 is 0 Å². The van der Waals surface area contributed by atoms with Crippen LogP contribution in [0.5, 0.6) is 0 Å². The highest BCUT2D eigenvalue weighted by atomic mass is 79.9. The third-order valence-electron chi connectivity index (χ3n) is 3.17. The first kappa shape index (κ1) is 18.0. The van der Waals surface area contributed by atoms with Crippen molar-refractivity contribution < 1.29 is 14.3 Å². The van der Waals surface area contributed by atoms with Gasteiger partial charge in [0.1, 0.15) is 6.04 Å². The van der Waals surface area contributed by atoms with Crippen LogP contribution in [0.25, 0.3) is 0 Å². The molecule has 1 N–H and O–H groups in total. The van der Waals surface area contributed by atoms with Crippen molar-refractivity contribution in [1.29, 1.82) is 0 Å². The van der Waals surface area contributed by atoms with Gasteiger partial charge in [0.2, 0.25) is 5.91 Å². The van der Waals surface area contributed by atoms with Crippen LogP contribution in [0.2, 0.25) is 0 Å². The van der Waals surface area contributed by atoms with Crippen molar-refractivity contribution in [2.45, 2.75) is 31.2 Å². The molecule has 1 amide bonds. The number of hydrogen-bond donors (Lipinski definition) is 1. The fourth-order valence-electron chi connectivity index (χ4n) is 1.69. The lowest BCUT2D eigenvalue weighted by Gasteiger charge is -2.21. The number of nitrogens with one attached hydrogen (secondary N) is 1. The number of ether oxygens (including phenoxy) is 1. The standard InChI is InChI=1S/C15H20BrNO3S/c1-4-10(2)14(15(19)20-3)17-13(18)9-21-12-7-5-11(16)6-8-12/h5-8,10,14H,4,9H2,1-3H3,(H,17,18)/t10-,14+/m0/s1. The molecule has 1 aromatic rings. The third-order valence-corrected chi connectivity index (χ3v) is 4.71. The molecule has 0 radical (unpaired) electrons. The van der Waals surface area contributed by atoms with Gasteiger partial charge in [-0.25, -0.2) is 4.79 Å². The van der Waals surface area contributed by atoms with Crippen LogP contribution in [0.4, 0.5) is 0 Å². The maximum Gasteiger partial charge on any atom is 0.328 e. The summed E-state index contributed by atoms with van der Waals surface area (Å²) in [4.78, 5) is 24.7. The van der Waals surface area contributed by atoms with Gasteiger partial charge in [0.15, 0.2) is 0 Å². The number of rotatable bonds is 7. The second kappa shape index (κ2) is 9.10. The maximum absolute atomic E-state index is 12.0. The topological polar surface area (TPSA) is 55.4 Å². The fourth-order valence-corrected chi connectivity index (χ4v) is 2.66. The van der Waals surface area contributed by atoms with Crippen LogP contribution in [0.15, 0.2) is 33.6 Å². The van der Waals surface area contributed by atoms with Crippen LogP contribution < -0.4 is 5.32 Å². The Bertz CT molecular complexity index is 478. The van der Waals surface area contributed by atoms with E-state index in [1.165, 1.54) is 18.9 Å². The van der Waals surface area contributed by atoms with Crippen molar-refractivity contribution in [2.24, 2.45) is 5.92 Å². The predicted octanol–water partition coefficient (Wildman–Crippen LogP) is 3.25. The zero-order valence-electron chi connectivity index (χ0n) is 12.4. The monoisotopic (exact) mass is 373 g/mol. The highest BCUT2D eigenvalue weighted by Gasteiger charge is 2.26. The quantitative estimate of drug-likeness (QED) is 0.588. The molecule has 0 aliphatic carbocycles. The second-order valence-corrected chi connectivity index (χ2v) is 6.66. The van der Waals surface area contributed by atoms with Gasteiger partial charge in [-0.15, -0.1) is 11.8 Å². The molecule has 0 heterocycles. The van der Waals surface area contributed by atoms with Crippen LogP contribution in [-0.4, -0.2) is 30.8 Å². The number of halogens is 1. The molecule has 0 aliphatic heterocycles. The van der Waals surface area contributed by atoms with Gasteiger partial charge in [-0.05, 0) is 30.2 Å². The lowest BCUT2D eigenvalue weighted by Crippen LogP contribution is -2.46. The van der Waals surface area contributed by atoms with Crippen LogP contribution in [0, 0.1) is 5.92 Å². The van der Waals surface area contributed by atoms with Crippen molar-refractivity contribution in [3.8, 4) is 0 Å². The lowest BCUT2D eigenvalue weighted by molar-refractivity contribution is -0.146. The van der Waals surface area contributed by atoms with E-state index in [9.17, 15) is 9.59 Å². The van der Waals surface area contributed by atoms with E-state index in [0.717, 1.165) is 15.8 Å². The average molecular weight is 374 g/mol. The van der Waals surface area contributed by atoms with Gasteiger partial charge in [0.25, 0.3) is 0 Å². The average Bonchev–Trinajstić information content (AvgIpc) is 2.50. The molecule has 0 bridgehead atoms. The van der Waals surface area contributed by atoms with Crippen molar-refractivity contribution in [2.75, 3.05) is 12.9 Å². The van der Waals surface area contributed by atoms with E-state index in [-0.39, 0.29) is 17.6 Å². The molecule has 2 atom stereocenters. The minimum Gasteiger partial charge on any atom is -0.467 e. The van der Waals surface area contributed by atoms with Gasteiger partial charge in [-0.3, -0.25) is 4.79 Å². The second-order valence-electron chi connectivity index (χ2n) is 4.70. The summed E-state index contributed by atoms with van der Waals surface area (Å²) in [5.41, 5.74) is 0. The Balaban J connectivity index is 2.53. The van der Waals surface area contributed by atoms with E-state index in [1.807, 2.05) is 38.1 Å². The summed E-state index contributed by atoms with van der Waals surface area (Å²) in [6.45, 7) is 3.90. The number of methoxy groups -OCH3 is 1. The zero-order valence-corrected chi connectivity index (χ0v) is 14.8. The molecule has 0 fully saturated rings. The van der Waals surface area contributed by atoms with Crippen LogP contribution in [0.3, 0.4) is 0 Å². The van der Waals surface area contributed by atoms with Crippen molar-refractivity contribution in [3.63, 3.8) is 0 Å². The molecule has 0 saturated carbocycles. The Labute approximate surface area is 138 Å². The summed E-state index contributed by atoms with van der Waals surface area (Å²) in [5.74, 6) is -0.255. The molecular formula is C15H20BrNO3S. The van der Waals surface area contributed by atoms with Gasteiger partial charge in [0.05, 0.1) is 12.9 Å². The van der Waals surface area contributed by atoms with Gasteiger partial charge >= 0.3 is 5.97 Å². The molecule has 21 heavy (non-hydrogen) atoms. The molecule has 1 aromatic carbocycles. The Kier molecular flexibility index (Phi) is 7.82. The first-order chi connectivity index (χ1) is 9.97. The number of amides is 1. The minimum atomic E-state index is -0.585. The molecule has 0 aromatic heterocycles. The number of hydrogen-bond acceptors (Lipinski definition) is 4. The molecule has 0 spiro atoms. The van der Waals surface area contributed by atoms with Gasteiger partial charge in [-0.1, -0.05) is 36.2 Å². The van der Waals surface area contributed by atoms with Crippen molar-refractivity contribution >= 4 is 39.6 Å². The molecule has 116 valence electrons. The Hall–Kier alpha value is -1.01. The fraction of sp³-hybridized carbons (Fsp3) is 0.467. The summed E-state index contributed by atoms with van der Waals surface area (Å²) in [6, 6.07) is 7.15. The van der Waals surface area contributed by atoms with Crippen molar-refractivity contribution in [3.05, 3.63) is 28.7 Å². The maximum atomic E-state index is 12.0. The molecule has 0 saturated heterocycles. The molecule has 6 heteroatoms. The normalized spacial score (nSPS) is 13.3. The van der Waals surface area contributed by atoms with Crippen LogP contribution in [-0.2, 0) is 14.3 Å². The van der Waals surface area contributed by atoms with Gasteiger partial charge < -0.3 is 10.1 Å². The number of esters is 1. The highest BCUT2D eigenvalue weighted by Crippen LogP contribution is 2.20. The highest BCUT2D eigenvalue weighted by molar-refractivity contribution is 9.10. The van der Waals surface area contributed by atoms with E-state index in [4.69, 9.17) is 4.74 Å². The molecule has 4 nitrogen and oxygen atoms in total. The Morgan fingerprint density at radius 1 is 1.33 bits per heavy atom. The summed E-state index contributed by atoms with van der Waals surface area (Å²) in [7, 11) is 1.33. The van der Waals surface area contributed by atoms with Crippen LogP contribution in [0.1, 0.15) is 20.3 Å². The summed E-state index contributed by atoms with van der Waals surface area (Å²) in [6.07, 6.45) is 0.792. The minimum absolute atomic E-state index is 0.0408. The van der Waals surface area contributed by atoms with Gasteiger partial charge in [0, 0.05) is 9.37 Å². The van der Waals surface area contributed by atoms with Gasteiger partial charge in [-0.2, -0.15) is 0 Å². The third kappa shape index (κ3) is 6.09. The number of benzene rings is 1. The van der Waals surface area contributed by atoms with E-state index < -0.39 is 12.0 Å². The molecule has 0 aliphatic rings. The number of thioether (sulfide) groups is 1. The Morgan fingerprint density at radius 3 is 2.48 bits per heavy atom. The van der Waals surface area contributed by atoms with Crippen molar-refractivity contribution in [1.82, 2.24) is 5.32 Å². The zero-order chi connectivity index (χ0) is 15.8. The van der Waals surface area contributed by atoms with E-state index in [0.29, 0.717) is 0 Å². The predicted molar refractivity (Wildman–Crippen MR) is 88.3 cm³/mol. The molecule has 0 unspecified atom stereocenters.